The third-order valence-corrected chi connectivity index (χ3v) is 6.59. The number of amides is 1. The van der Waals surface area contributed by atoms with E-state index in [0.29, 0.717) is 13.1 Å². The van der Waals surface area contributed by atoms with Crippen LogP contribution >= 0.6 is 0 Å². The summed E-state index contributed by atoms with van der Waals surface area (Å²) in [5.41, 5.74) is -0.110. The van der Waals surface area contributed by atoms with Crippen molar-refractivity contribution in [1.29, 1.82) is 0 Å². The lowest BCUT2D eigenvalue weighted by atomic mass is 9.94. The SMILES string of the molecule is CC1CC(C)CN(S(=O)(=O)c2ccc(F)c(C(=O)Nc3ccc(F)cc3)c2)C1. The fourth-order valence-electron chi connectivity index (χ4n) is 3.52. The fourth-order valence-corrected chi connectivity index (χ4v) is 5.23. The van der Waals surface area contributed by atoms with E-state index in [4.69, 9.17) is 0 Å². The van der Waals surface area contributed by atoms with Gasteiger partial charge in [0.25, 0.3) is 5.91 Å². The second-order valence-corrected chi connectivity index (χ2v) is 9.31. The van der Waals surface area contributed by atoms with Crippen molar-refractivity contribution in [1.82, 2.24) is 4.31 Å². The van der Waals surface area contributed by atoms with Crippen molar-refractivity contribution in [3.05, 3.63) is 59.7 Å². The molecule has 2 atom stereocenters. The minimum Gasteiger partial charge on any atom is -0.322 e. The molecule has 1 fully saturated rings. The number of carbonyl (C=O) groups is 1. The van der Waals surface area contributed by atoms with E-state index in [1.807, 2.05) is 13.8 Å². The van der Waals surface area contributed by atoms with Gasteiger partial charge in [-0.3, -0.25) is 4.79 Å². The van der Waals surface area contributed by atoms with Gasteiger partial charge in [0.1, 0.15) is 11.6 Å². The van der Waals surface area contributed by atoms with Crippen LogP contribution in [0.15, 0.2) is 47.4 Å². The largest absolute Gasteiger partial charge is 0.322 e. The van der Waals surface area contributed by atoms with E-state index in [0.717, 1.165) is 30.7 Å². The third kappa shape index (κ3) is 4.39. The maximum absolute atomic E-state index is 14.2. The van der Waals surface area contributed by atoms with Crippen molar-refractivity contribution in [2.24, 2.45) is 11.8 Å². The highest BCUT2D eigenvalue weighted by molar-refractivity contribution is 7.89. The molecule has 1 saturated heterocycles. The Kier molecular flexibility index (Phi) is 5.81. The second-order valence-electron chi connectivity index (χ2n) is 7.37. The van der Waals surface area contributed by atoms with Crippen LogP contribution in [0, 0.1) is 23.5 Å². The van der Waals surface area contributed by atoms with Crippen LogP contribution in [0.3, 0.4) is 0 Å². The van der Waals surface area contributed by atoms with Crippen LogP contribution in [0.2, 0.25) is 0 Å². The number of nitrogens with zero attached hydrogens (tertiary/aromatic N) is 1. The van der Waals surface area contributed by atoms with Gasteiger partial charge in [0.2, 0.25) is 10.0 Å². The predicted octanol–water partition coefficient (Wildman–Crippen LogP) is 3.88. The van der Waals surface area contributed by atoms with Crippen LogP contribution in [0.5, 0.6) is 0 Å². The topological polar surface area (TPSA) is 66.5 Å². The maximum Gasteiger partial charge on any atom is 0.258 e. The first-order chi connectivity index (χ1) is 13.2. The Morgan fingerprint density at radius 3 is 2.25 bits per heavy atom. The van der Waals surface area contributed by atoms with Crippen LogP contribution in [0.4, 0.5) is 14.5 Å². The molecule has 5 nitrogen and oxygen atoms in total. The molecular weight excluding hydrogens is 386 g/mol. The fraction of sp³-hybridized carbons (Fsp3) is 0.350. The lowest BCUT2D eigenvalue weighted by molar-refractivity contribution is 0.102. The Bertz CT molecular complexity index is 967. The number of benzene rings is 2. The molecule has 0 aliphatic carbocycles. The highest BCUT2D eigenvalue weighted by Gasteiger charge is 2.32. The molecule has 0 aromatic heterocycles. The smallest absolute Gasteiger partial charge is 0.258 e. The standard InChI is InChI=1S/C20H22F2N2O3S/c1-13-9-14(2)12-24(11-13)28(26,27)17-7-8-19(22)18(10-17)20(25)23-16-5-3-15(21)4-6-16/h3-8,10,13-14H,9,11-12H2,1-2H3,(H,23,25). The molecule has 1 aliphatic rings. The van der Waals surface area contributed by atoms with Crippen molar-refractivity contribution in [3.8, 4) is 0 Å². The summed E-state index contributed by atoms with van der Waals surface area (Å²) in [6.45, 7) is 4.76. The summed E-state index contributed by atoms with van der Waals surface area (Å²) in [5, 5.41) is 2.44. The quantitative estimate of drug-likeness (QED) is 0.835. The zero-order valence-corrected chi connectivity index (χ0v) is 16.5. The Morgan fingerprint density at radius 1 is 1.04 bits per heavy atom. The number of nitrogens with one attached hydrogen (secondary N) is 1. The number of piperidine rings is 1. The van der Waals surface area contributed by atoms with Crippen molar-refractivity contribution < 1.29 is 22.0 Å². The monoisotopic (exact) mass is 408 g/mol. The van der Waals surface area contributed by atoms with E-state index in [9.17, 15) is 22.0 Å². The molecule has 1 heterocycles. The van der Waals surface area contributed by atoms with Gasteiger partial charge in [0, 0.05) is 18.8 Å². The summed E-state index contributed by atoms with van der Waals surface area (Å²) in [6, 6.07) is 8.18. The number of hydrogen-bond donors (Lipinski definition) is 1. The molecule has 2 unspecified atom stereocenters. The lowest BCUT2D eigenvalue weighted by Gasteiger charge is -2.34. The number of hydrogen-bond acceptors (Lipinski definition) is 3. The number of sulfonamides is 1. The molecule has 28 heavy (non-hydrogen) atoms. The first-order valence-corrected chi connectivity index (χ1v) is 10.5. The van der Waals surface area contributed by atoms with E-state index >= 15 is 0 Å². The number of rotatable bonds is 4. The van der Waals surface area contributed by atoms with Crippen molar-refractivity contribution in [2.75, 3.05) is 18.4 Å². The highest BCUT2D eigenvalue weighted by atomic mass is 32.2. The first kappa shape index (κ1) is 20.4. The average molecular weight is 408 g/mol. The zero-order chi connectivity index (χ0) is 20.5. The van der Waals surface area contributed by atoms with Gasteiger partial charge in [0.15, 0.2) is 0 Å². The number of halogens is 2. The molecule has 8 heteroatoms. The van der Waals surface area contributed by atoms with Gasteiger partial charge in [-0.2, -0.15) is 4.31 Å². The number of carbonyl (C=O) groups excluding carboxylic acids is 1. The average Bonchev–Trinajstić information content (AvgIpc) is 2.63. The minimum absolute atomic E-state index is 0.126. The van der Waals surface area contributed by atoms with Gasteiger partial charge in [-0.25, -0.2) is 17.2 Å². The van der Waals surface area contributed by atoms with Crippen LogP contribution in [0.25, 0.3) is 0 Å². The molecule has 2 aromatic carbocycles. The zero-order valence-electron chi connectivity index (χ0n) is 15.7. The molecule has 0 saturated carbocycles. The maximum atomic E-state index is 14.2. The van der Waals surface area contributed by atoms with Gasteiger partial charge in [-0.1, -0.05) is 13.8 Å². The van der Waals surface area contributed by atoms with Gasteiger partial charge < -0.3 is 5.32 Å². The summed E-state index contributed by atoms with van der Waals surface area (Å²) >= 11 is 0. The van der Waals surface area contributed by atoms with Crippen LogP contribution < -0.4 is 5.32 Å². The first-order valence-electron chi connectivity index (χ1n) is 9.03. The van der Waals surface area contributed by atoms with Crippen LogP contribution in [-0.4, -0.2) is 31.7 Å². The summed E-state index contributed by atoms with van der Waals surface area (Å²) < 4.78 is 54.6. The molecule has 0 radical (unpaired) electrons. The molecule has 150 valence electrons. The summed E-state index contributed by atoms with van der Waals surface area (Å²) in [6.07, 6.45) is 0.945. The second kappa shape index (κ2) is 7.97. The Morgan fingerprint density at radius 2 is 1.64 bits per heavy atom. The minimum atomic E-state index is -3.84. The van der Waals surface area contributed by atoms with Gasteiger partial charge in [0.05, 0.1) is 10.5 Å². The Hall–Kier alpha value is -2.32. The molecule has 0 bridgehead atoms. The lowest BCUT2D eigenvalue weighted by Crippen LogP contribution is -2.42. The molecule has 3 rings (SSSR count). The van der Waals surface area contributed by atoms with Crippen molar-refractivity contribution >= 4 is 21.6 Å². The normalized spacial score (nSPS) is 20.7. The molecule has 2 aromatic rings. The molecule has 1 amide bonds. The van der Waals surface area contributed by atoms with E-state index in [2.05, 4.69) is 5.32 Å². The molecular formula is C20H22F2N2O3S. The van der Waals surface area contributed by atoms with Crippen molar-refractivity contribution in [3.63, 3.8) is 0 Å². The predicted molar refractivity (Wildman–Crippen MR) is 102 cm³/mol. The van der Waals surface area contributed by atoms with E-state index in [1.54, 1.807) is 0 Å². The van der Waals surface area contributed by atoms with Gasteiger partial charge in [-0.15, -0.1) is 0 Å². The molecule has 1 aliphatic heterocycles. The van der Waals surface area contributed by atoms with Crippen molar-refractivity contribution in [2.45, 2.75) is 25.2 Å². The van der Waals surface area contributed by atoms with Gasteiger partial charge >= 0.3 is 0 Å². The Labute approximate surface area is 163 Å². The van der Waals surface area contributed by atoms with E-state index in [-0.39, 0.29) is 28.0 Å². The molecule has 0 spiro atoms. The molecule has 1 N–H and O–H groups in total. The summed E-state index contributed by atoms with van der Waals surface area (Å²) in [4.78, 5) is 12.3. The van der Waals surface area contributed by atoms with E-state index in [1.165, 1.54) is 22.5 Å². The third-order valence-electron chi connectivity index (χ3n) is 4.76. The highest BCUT2D eigenvalue weighted by Crippen LogP contribution is 2.27. The Balaban J connectivity index is 1.88. The summed E-state index contributed by atoms with van der Waals surface area (Å²) in [5.74, 6) is -1.66. The van der Waals surface area contributed by atoms with Gasteiger partial charge in [-0.05, 0) is 60.7 Å². The van der Waals surface area contributed by atoms with E-state index < -0.39 is 27.6 Å². The summed E-state index contributed by atoms with van der Waals surface area (Å²) in [7, 11) is -3.84. The number of anilines is 1. The van der Waals surface area contributed by atoms with Crippen LogP contribution in [0.1, 0.15) is 30.6 Å². The van der Waals surface area contributed by atoms with Crippen LogP contribution in [-0.2, 0) is 10.0 Å².